The summed E-state index contributed by atoms with van der Waals surface area (Å²) in [5.41, 5.74) is 1.03. The van der Waals surface area contributed by atoms with Gasteiger partial charge in [0, 0.05) is 6.54 Å². The number of likely N-dealkylation sites (N-methyl/N-ethyl adjacent to an activating group) is 1. The van der Waals surface area contributed by atoms with E-state index in [2.05, 4.69) is 0 Å². The van der Waals surface area contributed by atoms with Gasteiger partial charge in [-0.05, 0) is 37.3 Å². The number of carbonyl (C=O) groups is 2. The third-order valence-electron chi connectivity index (χ3n) is 2.62. The SMILES string of the molecule is CCOC(=O)CN(CC)C(=O)c1sccc1CC. The van der Waals surface area contributed by atoms with Gasteiger partial charge in [0.05, 0.1) is 11.5 Å². The quantitative estimate of drug-likeness (QED) is 0.745. The third-order valence-corrected chi connectivity index (χ3v) is 3.56. The van der Waals surface area contributed by atoms with E-state index in [1.165, 1.54) is 16.2 Å². The van der Waals surface area contributed by atoms with Gasteiger partial charge in [-0.25, -0.2) is 0 Å². The van der Waals surface area contributed by atoms with E-state index in [1.54, 1.807) is 6.92 Å². The van der Waals surface area contributed by atoms with Gasteiger partial charge in [0.15, 0.2) is 0 Å². The molecule has 0 N–H and O–H groups in total. The molecule has 1 aromatic heterocycles. The van der Waals surface area contributed by atoms with Crippen LogP contribution in [0.3, 0.4) is 0 Å². The molecule has 1 aromatic rings. The zero-order valence-electron chi connectivity index (χ0n) is 11.1. The fourth-order valence-electron chi connectivity index (χ4n) is 1.64. The molecule has 0 spiro atoms. The first-order valence-corrected chi connectivity index (χ1v) is 7.03. The second-order valence-electron chi connectivity index (χ2n) is 3.75. The molecule has 100 valence electrons. The van der Waals surface area contributed by atoms with Gasteiger partial charge >= 0.3 is 5.97 Å². The summed E-state index contributed by atoms with van der Waals surface area (Å²) in [6, 6.07) is 1.95. The normalized spacial score (nSPS) is 10.2. The predicted octanol–water partition coefficient (Wildman–Crippen LogP) is 2.34. The van der Waals surface area contributed by atoms with Gasteiger partial charge in [-0.15, -0.1) is 11.3 Å². The van der Waals surface area contributed by atoms with Gasteiger partial charge in [0.25, 0.3) is 5.91 Å². The maximum atomic E-state index is 12.3. The number of nitrogens with zero attached hydrogens (tertiary/aromatic N) is 1. The molecule has 0 aromatic carbocycles. The molecular formula is C13H19NO3S. The van der Waals surface area contributed by atoms with Crippen LogP contribution in [0.5, 0.6) is 0 Å². The van der Waals surface area contributed by atoms with Crippen LogP contribution in [-0.4, -0.2) is 36.5 Å². The molecule has 0 bridgehead atoms. The molecule has 0 atom stereocenters. The van der Waals surface area contributed by atoms with Gasteiger partial charge in [-0.3, -0.25) is 9.59 Å². The van der Waals surface area contributed by atoms with Crippen molar-refractivity contribution in [3.8, 4) is 0 Å². The molecule has 0 aliphatic carbocycles. The lowest BCUT2D eigenvalue weighted by molar-refractivity contribution is -0.143. The van der Waals surface area contributed by atoms with Crippen molar-refractivity contribution in [3.63, 3.8) is 0 Å². The maximum Gasteiger partial charge on any atom is 0.325 e. The van der Waals surface area contributed by atoms with Crippen LogP contribution < -0.4 is 0 Å². The molecule has 0 saturated carbocycles. The Labute approximate surface area is 112 Å². The Hall–Kier alpha value is -1.36. The number of hydrogen-bond acceptors (Lipinski definition) is 4. The van der Waals surface area contributed by atoms with Crippen molar-refractivity contribution in [3.05, 3.63) is 21.9 Å². The Bertz CT molecular complexity index is 414. The van der Waals surface area contributed by atoms with Crippen molar-refractivity contribution in [2.24, 2.45) is 0 Å². The van der Waals surface area contributed by atoms with E-state index < -0.39 is 0 Å². The van der Waals surface area contributed by atoms with E-state index in [9.17, 15) is 9.59 Å². The Morgan fingerprint density at radius 3 is 2.61 bits per heavy atom. The molecule has 1 rings (SSSR count). The number of ether oxygens (including phenoxy) is 1. The average Bonchev–Trinajstić information content (AvgIpc) is 2.83. The molecular weight excluding hydrogens is 250 g/mol. The summed E-state index contributed by atoms with van der Waals surface area (Å²) in [4.78, 5) is 26.0. The minimum Gasteiger partial charge on any atom is -0.465 e. The van der Waals surface area contributed by atoms with Crippen LogP contribution in [0.1, 0.15) is 36.0 Å². The van der Waals surface area contributed by atoms with Crippen LogP contribution in [0.25, 0.3) is 0 Å². The lowest BCUT2D eigenvalue weighted by Crippen LogP contribution is -2.36. The molecule has 0 aliphatic heterocycles. The van der Waals surface area contributed by atoms with Crippen LogP contribution in [-0.2, 0) is 16.0 Å². The molecule has 1 amide bonds. The Balaban J connectivity index is 2.76. The highest BCUT2D eigenvalue weighted by Crippen LogP contribution is 2.19. The first-order valence-electron chi connectivity index (χ1n) is 6.15. The number of esters is 1. The zero-order valence-corrected chi connectivity index (χ0v) is 11.9. The summed E-state index contributed by atoms with van der Waals surface area (Å²) in [6.07, 6.45) is 0.821. The summed E-state index contributed by atoms with van der Waals surface area (Å²) in [6.45, 7) is 6.48. The monoisotopic (exact) mass is 269 g/mol. The first-order chi connectivity index (χ1) is 8.63. The van der Waals surface area contributed by atoms with Crippen LogP contribution >= 0.6 is 11.3 Å². The largest absolute Gasteiger partial charge is 0.465 e. The summed E-state index contributed by atoms with van der Waals surface area (Å²) >= 11 is 1.42. The molecule has 4 nitrogen and oxygen atoms in total. The predicted molar refractivity (Wildman–Crippen MR) is 71.9 cm³/mol. The van der Waals surface area contributed by atoms with E-state index in [-0.39, 0.29) is 18.4 Å². The molecule has 18 heavy (non-hydrogen) atoms. The van der Waals surface area contributed by atoms with Crippen LogP contribution in [0.15, 0.2) is 11.4 Å². The fraction of sp³-hybridized carbons (Fsp3) is 0.538. The topological polar surface area (TPSA) is 46.6 Å². The molecule has 0 unspecified atom stereocenters. The first kappa shape index (κ1) is 14.7. The molecule has 0 aliphatic rings. The lowest BCUT2D eigenvalue weighted by atomic mass is 10.2. The van der Waals surface area contributed by atoms with E-state index in [0.717, 1.165) is 16.9 Å². The highest BCUT2D eigenvalue weighted by Gasteiger charge is 2.20. The van der Waals surface area contributed by atoms with E-state index in [0.29, 0.717) is 13.2 Å². The third kappa shape index (κ3) is 3.57. The second-order valence-corrected chi connectivity index (χ2v) is 4.67. The Kier molecular flexibility index (Phi) is 5.85. The summed E-state index contributed by atoms with van der Waals surface area (Å²) in [5.74, 6) is -0.445. The lowest BCUT2D eigenvalue weighted by Gasteiger charge is -2.19. The molecule has 5 heteroatoms. The van der Waals surface area contributed by atoms with E-state index in [4.69, 9.17) is 4.74 Å². The van der Waals surface area contributed by atoms with Crippen molar-refractivity contribution >= 4 is 23.2 Å². The average molecular weight is 269 g/mol. The standard InChI is InChI=1S/C13H19NO3S/c1-4-10-7-8-18-12(10)13(16)14(5-2)9-11(15)17-6-3/h7-8H,4-6,9H2,1-3H3. The minimum absolute atomic E-state index is 0.0181. The summed E-state index contributed by atoms with van der Waals surface area (Å²) in [5, 5.41) is 1.91. The number of amides is 1. The number of aryl methyl sites for hydroxylation is 1. The van der Waals surface area contributed by atoms with Crippen molar-refractivity contribution in [1.82, 2.24) is 4.90 Å². The fourth-order valence-corrected chi connectivity index (χ4v) is 2.60. The minimum atomic E-state index is -0.359. The van der Waals surface area contributed by atoms with Crippen molar-refractivity contribution in [1.29, 1.82) is 0 Å². The molecule has 0 radical (unpaired) electrons. The Morgan fingerprint density at radius 1 is 1.33 bits per heavy atom. The van der Waals surface area contributed by atoms with Gasteiger partial charge in [0.2, 0.25) is 0 Å². The van der Waals surface area contributed by atoms with Crippen molar-refractivity contribution in [2.75, 3.05) is 19.7 Å². The van der Waals surface area contributed by atoms with Crippen LogP contribution in [0, 0.1) is 0 Å². The number of thiophene rings is 1. The summed E-state index contributed by atoms with van der Waals surface area (Å²) < 4.78 is 4.87. The van der Waals surface area contributed by atoms with Gasteiger partial charge in [-0.2, -0.15) is 0 Å². The van der Waals surface area contributed by atoms with Gasteiger partial charge < -0.3 is 9.64 Å². The second kappa shape index (κ2) is 7.16. The van der Waals surface area contributed by atoms with Crippen LogP contribution in [0.4, 0.5) is 0 Å². The number of hydrogen-bond donors (Lipinski definition) is 0. The number of carbonyl (C=O) groups excluding carboxylic acids is 2. The number of rotatable bonds is 6. The van der Waals surface area contributed by atoms with Crippen LogP contribution in [0.2, 0.25) is 0 Å². The Morgan fingerprint density at radius 2 is 2.06 bits per heavy atom. The smallest absolute Gasteiger partial charge is 0.325 e. The highest BCUT2D eigenvalue weighted by molar-refractivity contribution is 7.12. The van der Waals surface area contributed by atoms with E-state index in [1.807, 2.05) is 25.3 Å². The van der Waals surface area contributed by atoms with Gasteiger partial charge in [0.1, 0.15) is 6.54 Å². The van der Waals surface area contributed by atoms with Crippen molar-refractivity contribution in [2.45, 2.75) is 27.2 Å². The molecule has 0 fully saturated rings. The van der Waals surface area contributed by atoms with E-state index >= 15 is 0 Å². The summed E-state index contributed by atoms with van der Waals surface area (Å²) in [7, 11) is 0. The highest BCUT2D eigenvalue weighted by atomic mass is 32.1. The van der Waals surface area contributed by atoms with Crippen molar-refractivity contribution < 1.29 is 14.3 Å². The maximum absolute atomic E-state index is 12.3. The van der Waals surface area contributed by atoms with Gasteiger partial charge in [-0.1, -0.05) is 6.92 Å². The molecule has 0 saturated heterocycles. The zero-order chi connectivity index (χ0) is 13.5. The molecule has 1 heterocycles.